The molecule has 18 nitrogen and oxygen atoms in total. The van der Waals surface area contributed by atoms with Gasteiger partial charge in [-0.15, -0.1) is 6.42 Å². The fourth-order valence-electron chi connectivity index (χ4n) is 12.2. The van der Waals surface area contributed by atoms with Gasteiger partial charge >= 0.3 is 12.1 Å². The smallest absolute Gasteiger partial charge is 0.407 e. The predicted molar refractivity (Wildman–Crippen MR) is 282 cm³/mol. The molecule has 5 saturated heterocycles. The number of carbonyl (C=O) groups excluding carboxylic acids is 5. The lowest BCUT2D eigenvalue weighted by atomic mass is 9.82. The third kappa shape index (κ3) is 10.2. The fraction of sp³-hybridized carbons (Fsp3) is 0.439. The van der Waals surface area contributed by atoms with E-state index in [9.17, 15) is 29.1 Å². The number of phenols is 1. The standard InChI is InChI=1S/C57H60F2N10O8/c1-3-38-42(58)18-14-32-24-37(70)25-40(46(32)38)49-48(59)50-41(26-62-49)51(67-28-34-15-16-35(29-67)63-34)66-56(65-50)77-55-33-13-17-36(68(55)27-31(2)23-33)30-76-57(75)61-22-9-7-5-4-6-8-21-60-43-12-10-11-39-47(43)54(74)69(53(39)73)44-19-20-45(71)64-52(44)72/h1,10-12,14,18,24-26,33-36,44,55,60,63,70H,2,4-9,13,15-17,19-23,27-30H2,(H,61,75)(H,64,71,72)/t33-,34?,35?,36+,44?,55?/m1/s1. The van der Waals surface area contributed by atoms with E-state index in [-0.39, 0.29) is 94.1 Å². The Morgan fingerprint density at radius 1 is 0.922 bits per heavy atom. The maximum Gasteiger partial charge on any atom is 0.407 e. The van der Waals surface area contributed by atoms with Gasteiger partial charge in [0.2, 0.25) is 11.8 Å². The zero-order valence-electron chi connectivity index (χ0n) is 42.5. The van der Waals surface area contributed by atoms with E-state index < -0.39 is 53.6 Å². The van der Waals surface area contributed by atoms with Crippen molar-refractivity contribution < 1.29 is 47.3 Å². The van der Waals surface area contributed by atoms with Crippen molar-refractivity contribution in [3.63, 3.8) is 0 Å². The minimum Gasteiger partial charge on any atom is -0.508 e. The van der Waals surface area contributed by atoms with Gasteiger partial charge in [-0.2, -0.15) is 9.97 Å². The summed E-state index contributed by atoms with van der Waals surface area (Å²) in [5.41, 5.74) is 1.86. The number of amides is 5. The van der Waals surface area contributed by atoms with Gasteiger partial charge in [0.25, 0.3) is 11.8 Å². The van der Waals surface area contributed by atoms with Crippen LogP contribution in [-0.4, -0.2) is 129 Å². The molecule has 3 aromatic carbocycles. The van der Waals surface area contributed by atoms with Gasteiger partial charge in [-0.1, -0.05) is 55.9 Å². The molecule has 20 heteroatoms. The molecule has 77 heavy (non-hydrogen) atoms. The Kier molecular flexibility index (Phi) is 14.5. The second kappa shape index (κ2) is 21.7. The molecule has 5 N–H and O–H groups in total. The van der Waals surface area contributed by atoms with Crippen LogP contribution >= 0.6 is 0 Å². The van der Waals surface area contributed by atoms with Crippen LogP contribution in [0.4, 0.5) is 25.1 Å². The first-order valence-corrected chi connectivity index (χ1v) is 26.7. The second-order valence-electron chi connectivity index (χ2n) is 21.1. The molecule has 400 valence electrons. The Bertz CT molecular complexity index is 3260. The van der Waals surface area contributed by atoms with Crippen molar-refractivity contribution in [3.05, 3.63) is 89.1 Å². The van der Waals surface area contributed by atoms with Crippen molar-refractivity contribution in [3.8, 4) is 35.4 Å². The van der Waals surface area contributed by atoms with Crippen molar-refractivity contribution in [1.82, 2.24) is 40.7 Å². The van der Waals surface area contributed by atoms with Crippen LogP contribution in [-0.2, 0) is 14.3 Å². The summed E-state index contributed by atoms with van der Waals surface area (Å²) in [7, 11) is 0. The van der Waals surface area contributed by atoms with Gasteiger partial charge in [-0.3, -0.25) is 39.3 Å². The number of anilines is 2. The molecule has 0 saturated carbocycles. The number of aromatic hydroxyl groups is 1. The number of nitrogens with one attached hydrogen (secondary N) is 4. The number of halogens is 2. The van der Waals surface area contributed by atoms with Gasteiger partial charge in [0, 0.05) is 86.0 Å². The van der Waals surface area contributed by atoms with Gasteiger partial charge in [0.1, 0.15) is 41.2 Å². The highest BCUT2D eigenvalue weighted by atomic mass is 19.1. The first-order valence-electron chi connectivity index (χ1n) is 26.7. The van der Waals surface area contributed by atoms with E-state index in [4.69, 9.17) is 25.9 Å². The normalized spacial score (nSPS) is 23.8. The molecule has 7 atom stereocenters. The van der Waals surface area contributed by atoms with E-state index in [1.807, 2.05) is 0 Å². The number of ether oxygens (including phenoxy) is 2. The molecular formula is C57H60F2N10O8. The van der Waals surface area contributed by atoms with Crippen molar-refractivity contribution in [2.45, 2.75) is 114 Å². The zero-order chi connectivity index (χ0) is 53.5. The first kappa shape index (κ1) is 51.4. The monoisotopic (exact) mass is 1050 g/mol. The third-order valence-electron chi connectivity index (χ3n) is 15.9. The lowest BCUT2D eigenvalue weighted by molar-refractivity contribution is -0.136. The van der Waals surface area contributed by atoms with Crippen LogP contribution in [0.25, 0.3) is 32.9 Å². The highest BCUT2D eigenvalue weighted by molar-refractivity contribution is 6.25. The minimum absolute atomic E-state index is 0.0195. The molecule has 11 rings (SSSR count). The summed E-state index contributed by atoms with van der Waals surface area (Å²) in [5.74, 6) is -0.888. The highest BCUT2D eigenvalue weighted by Crippen LogP contribution is 2.42. The average molecular weight is 1050 g/mol. The first-order chi connectivity index (χ1) is 37.3. The van der Waals surface area contributed by atoms with Gasteiger partial charge in [0.15, 0.2) is 12.0 Å². The number of rotatable bonds is 17. The Labute approximate surface area is 443 Å². The lowest BCUT2D eigenvalue weighted by Gasteiger charge is -2.49. The molecule has 0 aliphatic carbocycles. The molecule has 0 radical (unpaired) electrons. The topological polar surface area (TPSA) is 221 Å². The van der Waals surface area contributed by atoms with E-state index in [1.165, 1.54) is 30.5 Å². The summed E-state index contributed by atoms with van der Waals surface area (Å²) in [4.78, 5) is 83.2. The van der Waals surface area contributed by atoms with Crippen LogP contribution in [0.3, 0.4) is 0 Å². The molecule has 5 aromatic rings. The van der Waals surface area contributed by atoms with E-state index in [1.54, 1.807) is 18.2 Å². The number of benzene rings is 3. The van der Waals surface area contributed by atoms with Crippen LogP contribution in [0.1, 0.15) is 110 Å². The Balaban J connectivity index is 0.690. The van der Waals surface area contributed by atoms with Crippen molar-refractivity contribution in [2.24, 2.45) is 5.92 Å². The number of piperidine rings is 3. The van der Waals surface area contributed by atoms with Gasteiger partial charge in [-0.05, 0) is 87.1 Å². The molecule has 6 aliphatic rings. The Morgan fingerprint density at radius 2 is 1.70 bits per heavy atom. The number of pyridine rings is 1. The summed E-state index contributed by atoms with van der Waals surface area (Å²) in [6, 6.07) is 9.68. The number of terminal acetylenes is 1. The number of hydrogen-bond donors (Lipinski definition) is 5. The molecule has 5 unspecified atom stereocenters. The highest BCUT2D eigenvalue weighted by Gasteiger charge is 2.46. The molecule has 8 heterocycles. The summed E-state index contributed by atoms with van der Waals surface area (Å²) in [6.45, 7) is 7.24. The molecule has 0 spiro atoms. The SMILES string of the molecule is C#Cc1c(F)ccc2cc(O)cc(-c3ncc4c(N5CC6CCC(C5)N6)nc(OC5[C@@H]6CC[C@@H](COC(=O)NCCCCCCCCNc7cccc8c7C(=O)N(C7CCC(=O)NC7=O)C8=O)N5CC(=C)C6)nc4c3F)c12. The number of fused-ring (bicyclic) bond motifs is 7. The van der Waals surface area contributed by atoms with E-state index in [0.717, 1.165) is 74.7 Å². The van der Waals surface area contributed by atoms with Crippen LogP contribution in [0.2, 0.25) is 0 Å². The number of piperazine rings is 1. The van der Waals surface area contributed by atoms with Crippen LogP contribution in [0.5, 0.6) is 11.8 Å². The average Bonchev–Trinajstić information content (AvgIpc) is 4.04. The number of unbranched alkanes of at least 4 members (excludes halogenated alkanes) is 5. The quantitative estimate of drug-likeness (QED) is 0.0272. The van der Waals surface area contributed by atoms with E-state index >= 15 is 8.78 Å². The van der Waals surface area contributed by atoms with E-state index in [0.29, 0.717) is 61.4 Å². The molecular weight excluding hydrogens is 991 g/mol. The number of carbonyl (C=O) groups is 5. The van der Waals surface area contributed by atoms with Crippen LogP contribution in [0, 0.1) is 29.9 Å². The number of imide groups is 2. The Hall–Kier alpha value is -7.76. The largest absolute Gasteiger partial charge is 0.508 e. The maximum absolute atomic E-state index is 17.3. The van der Waals surface area contributed by atoms with Gasteiger partial charge in [-0.25, -0.2) is 13.6 Å². The lowest BCUT2D eigenvalue weighted by Crippen LogP contribution is -2.58. The molecule has 6 aliphatic heterocycles. The zero-order valence-corrected chi connectivity index (χ0v) is 42.5. The Morgan fingerprint density at radius 3 is 2.48 bits per heavy atom. The van der Waals surface area contributed by atoms with Gasteiger partial charge < -0.3 is 35.4 Å². The minimum atomic E-state index is -1.02. The van der Waals surface area contributed by atoms with E-state index in [2.05, 4.69) is 48.6 Å². The summed E-state index contributed by atoms with van der Waals surface area (Å²) >= 11 is 0. The van der Waals surface area contributed by atoms with Crippen LogP contribution in [0.15, 0.2) is 60.8 Å². The molecule has 5 fully saturated rings. The van der Waals surface area contributed by atoms with Gasteiger partial charge in [0.05, 0.1) is 22.1 Å². The number of hydrogen-bond acceptors (Lipinski definition) is 15. The summed E-state index contributed by atoms with van der Waals surface area (Å²) < 4.78 is 45.0. The number of aromatic nitrogens is 3. The number of alkyl carbamates (subject to hydrolysis) is 1. The number of nitrogens with zero attached hydrogens (tertiary/aromatic N) is 6. The predicted octanol–water partition coefficient (Wildman–Crippen LogP) is 7.08. The molecule has 4 bridgehead atoms. The summed E-state index contributed by atoms with van der Waals surface area (Å²) in [6.07, 6.45) is 16.0. The number of phenolic OH excluding ortho intramolecular Hbond substituents is 1. The summed E-state index contributed by atoms with van der Waals surface area (Å²) in [5, 5.41) is 23.8. The van der Waals surface area contributed by atoms with Crippen molar-refractivity contribution in [1.29, 1.82) is 0 Å². The second-order valence-corrected chi connectivity index (χ2v) is 21.1. The third-order valence-corrected chi connectivity index (χ3v) is 15.9. The van der Waals surface area contributed by atoms with Crippen molar-refractivity contribution in [2.75, 3.05) is 49.5 Å². The fourth-order valence-corrected chi connectivity index (χ4v) is 12.2. The maximum atomic E-state index is 17.3. The van der Waals surface area contributed by atoms with Crippen LogP contribution < -0.4 is 30.9 Å². The molecule has 5 amide bonds. The molecule has 2 aromatic heterocycles. The van der Waals surface area contributed by atoms with Crippen molar-refractivity contribution >= 4 is 62.9 Å².